The average Bonchev–Trinajstić information content (AvgIpc) is 4.05. The molecule has 2 heterocycles. The second kappa shape index (κ2) is 12.7. The molecule has 2 aliphatic rings. The molecule has 0 saturated carbocycles. The highest BCUT2D eigenvalue weighted by molar-refractivity contribution is 6.05. The van der Waals surface area contributed by atoms with Crippen molar-refractivity contribution in [2.75, 3.05) is 14.2 Å². The van der Waals surface area contributed by atoms with Crippen molar-refractivity contribution in [2.45, 2.75) is 5.41 Å². The Balaban J connectivity index is 1.23. The molecule has 8 aromatic carbocycles. The van der Waals surface area contributed by atoms with Crippen LogP contribution < -0.4 is 9.47 Å². The number of fused-ring (bicyclic) bond motifs is 12. The van der Waals surface area contributed by atoms with Gasteiger partial charge in [-0.15, -0.1) is 0 Å². The Morgan fingerprint density at radius 1 is 0.390 bits per heavy atom. The minimum Gasteiger partial charge on any atom is -0.496 e. The molecular weight excluding hydrogens is 725 g/mol. The van der Waals surface area contributed by atoms with Crippen molar-refractivity contribution in [3.63, 3.8) is 0 Å². The van der Waals surface area contributed by atoms with Gasteiger partial charge in [0.1, 0.15) is 23.1 Å². The van der Waals surface area contributed by atoms with Crippen LogP contribution in [0.4, 0.5) is 0 Å². The molecule has 0 bridgehead atoms. The van der Waals surface area contributed by atoms with Gasteiger partial charge in [0.15, 0.2) is 0 Å². The molecule has 280 valence electrons. The van der Waals surface area contributed by atoms with E-state index >= 15 is 0 Å². The zero-order valence-corrected chi connectivity index (χ0v) is 32.4. The van der Waals surface area contributed by atoms with E-state index in [1.54, 1.807) is 14.2 Å². The molecular formula is C53H36N4O2. The number of benzene rings is 8. The molecule has 0 amide bonds. The molecule has 0 N–H and O–H groups in total. The monoisotopic (exact) mass is 760 g/mol. The first-order valence-electron chi connectivity index (χ1n) is 19.9. The average molecular weight is 761 g/mol. The summed E-state index contributed by atoms with van der Waals surface area (Å²) in [5, 5.41) is 0. The first-order chi connectivity index (χ1) is 29.2. The third-order valence-corrected chi connectivity index (χ3v) is 12.4. The van der Waals surface area contributed by atoms with Crippen molar-refractivity contribution in [3.8, 4) is 67.9 Å². The van der Waals surface area contributed by atoms with Gasteiger partial charge in [-0.1, -0.05) is 109 Å². The Morgan fingerprint density at radius 3 is 1.22 bits per heavy atom. The highest BCUT2D eigenvalue weighted by Crippen LogP contribution is 2.68. The van der Waals surface area contributed by atoms with E-state index in [-0.39, 0.29) is 0 Å². The zero-order chi connectivity index (χ0) is 39.2. The first kappa shape index (κ1) is 33.4. The molecule has 6 heteroatoms. The minimum absolute atomic E-state index is 0.800. The molecule has 0 saturated heterocycles. The second-order valence-corrected chi connectivity index (χ2v) is 15.2. The molecule has 10 aromatic rings. The van der Waals surface area contributed by atoms with Gasteiger partial charge in [0.2, 0.25) is 0 Å². The molecule has 12 rings (SSSR count). The van der Waals surface area contributed by atoms with E-state index in [1.165, 1.54) is 11.1 Å². The van der Waals surface area contributed by atoms with Crippen LogP contribution in [0.25, 0.3) is 78.5 Å². The highest BCUT2D eigenvalue weighted by Gasteiger charge is 2.56. The molecule has 0 atom stereocenters. The van der Waals surface area contributed by atoms with Crippen molar-refractivity contribution < 1.29 is 9.47 Å². The summed E-state index contributed by atoms with van der Waals surface area (Å²) in [6, 6.07) is 64.1. The molecule has 0 fully saturated rings. The lowest BCUT2D eigenvalue weighted by Gasteiger charge is -2.32. The number of hydrogen-bond donors (Lipinski definition) is 0. The molecule has 2 aliphatic carbocycles. The van der Waals surface area contributed by atoms with Crippen LogP contribution in [0.3, 0.4) is 0 Å². The predicted molar refractivity (Wildman–Crippen MR) is 236 cm³/mol. The zero-order valence-electron chi connectivity index (χ0n) is 32.4. The summed E-state index contributed by atoms with van der Waals surface area (Å²) in [7, 11) is 3.56. The third-order valence-electron chi connectivity index (χ3n) is 12.4. The summed E-state index contributed by atoms with van der Waals surface area (Å²) in [4.78, 5) is 10.8. The molecule has 1 spiro atoms. The Morgan fingerprint density at radius 2 is 0.780 bits per heavy atom. The first-order valence-corrected chi connectivity index (χ1v) is 19.9. The molecule has 0 radical (unpaired) electrons. The Bertz CT molecular complexity index is 3090. The minimum atomic E-state index is -0.812. The van der Waals surface area contributed by atoms with Gasteiger partial charge in [0, 0.05) is 44.8 Å². The Kier molecular flexibility index (Phi) is 7.17. The van der Waals surface area contributed by atoms with E-state index < -0.39 is 5.41 Å². The third kappa shape index (κ3) is 4.45. The van der Waals surface area contributed by atoms with Crippen molar-refractivity contribution >= 4 is 22.1 Å². The van der Waals surface area contributed by atoms with Gasteiger partial charge in [-0.25, -0.2) is 9.97 Å². The normalized spacial score (nSPS) is 13.1. The van der Waals surface area contributed by atoms with Crippen LogP contribution in [0.1, 0.15) is 22.3 Å². The van der Waals surface area contributed by atoms with Gasteiger partial charge in [-0.3, -0.25) is 9.13 Å². The number of hydrogen-bond acceptors (Lipinski definition) is 4. The molecule has 6 nitrogen and oxygen atoms in total. The standard InChI is InChI=1S/C53H36N4O2/c1-58-45-31-29-37(51-54-41-25-13-15-27-43(41)56(51)33-17-5-3-6-18-33)47-35-21-9-11-23-39(35)53(49(45)47)40-24-12-10-22-36(40)48-38(30-32-46(59-2)50(48)53)52-55-42-26-14-16-28-44(42)57(52)34-19-7-4-8-20-34/h3-32H,1-2H3. The van der Waals surface area contributed by atoms with E-state index in [1.807, 2.05) is 0 Å². The highest BCUT2D eigenvalue weighted by atomic mass is 16.5. The molecule has 0 unspecified atom stereocenters. The van der Waals surface area contributed by atoms with E-state index in [2.05, 4.69) is 191 Å². The SMILES string of the molecule is COc1ccc(-c2nc3ccccc3n2-c2ccccc2)c2c1C1(c3ccccc3-2)c2ccccc2-c2c(-c3nc4ccccc4n3-c3ccccc3)ccc(OC)c21. The quantitative estimate of drug-likeness (QED) is 0.169. The van der Waals surface area contributed by atoms with Gasteiger partial charge in [0.25, 0.3) is 0 Å². The number of aromatic nitrogens is 4. The van der Waals surface area contributed by atoms with Gasteiger partial charge in [-0.2, -0.15) is 0 Å². The maximum absolute atomic E-state index is 6.49. The number of ether oxygens (including phenoxy) is 2. The maximum atomic E-state index is 6.49. The van der Waals surface area contributed by atoms with Crippen LogP contribution in [-0.2, 0) is 5.41 Å². The second-order valence-electron chi connectivity index (χ2n) is 15.2. The van der Waals surface area contributed by atoms with Crippen molar-refractivity contribution in [3.05, 3.63) is 204 Å². The van der Waals surface area contributed by atoms with Crippen LogP contribution in [0.2, 0.25) is 0 Å². The number of para-hydroxylation sites is 6. The lowest BCUT2D eigenvalue weighted by atomic mass is 9.69. The van der Waals surface area contributed by atoms with E-state index in [0.717, 1.165) is 101 Å². The fraction of sp³-hybridized carbons (Fsp3) is 0.0566. The van der Waals surface area contributed by atoms with Gasteiger partial charge in [-0.05, 0) is 95.1 Å². The van der Waals surface area contributed by atoms with Crippen LogP contribution in [0, 0.1) is 0 Å². The predicted octanol–water partition coefficient (Wildman–Crippen LogP) is 12.1. The number of methoxy groups -OCH3 is 2. The maximum Gasteiger partial charge on any atom is 0.146 e. The molecule has 59 heavy (non-hydrogen) atoms. The number of imidazole rings is 2. The summed E-state index contributed by atoms with van der Waals surface area (Å²) in [6.45, 7) is 0. The fourth-order valence-electron chi connectivity index (χ4n) is 10.1. The number of rotatable bonds is 6. The van der Waals surface area contributed by atoms with Crippen molar-refractivity contribution in [2.24, 2.45) is 0 Å². The smallest absolute Gasteiger partial charge is 0.146 e. The fourth-order valence-corrected chi connectivity index (χ4v) is 10.1. The van der Waals surface area contributed by atoms with Crippen LogP contribution in [0.5, 0.6) is 11.5 Å². The van der Waals surface area contributed by atoms with Gasteiger partial charge >= 0.3 is 0 Å². The van der Waals surface area contributed by atoms with Crippen molar-refractivity contribution in [1.82, 2.24) is 19.1 Å². The van der Waals surface area contributed by atoms with Crippen LogP contribution >= 0.6 is 0 Å². The lowest BCUT2D eigenvalue weighted by molar-refractivity contribution is 0.398. The Labute approximate surface area is 341 Å². The summed E-state index contributed by atoms with van der Waals surface area (Å²) in [6.07, 6.45) is 0. The molecule has 2 aromatic heterocycles. The summed E-state index contributed by atoms with van der Waals surface area (Å²) >= 11 is 0. The van der Waals surface area contributed by atoms with Crippen LogP contribution in [-0.4, -0.2) is 33.3 Å². The van der Waals surface area contributed by atoms with Gasteiger partial charge < -0.3 is 9.47 Å². The van der Waals surface area contributed by atoms with E-state index in [9.17, 15) is 0 Å². The van der Waals surface area contributed by atoms with Crippen molar-refractivity contribution in [1.29, 1.82) is 0 Å². The largest absolute Gasteiger partial charge is 0.496 e. The van der Waals surface area contributed by atoms with E-state index in [4.69, 9.17) is 19.4 Å². The van der Waals surface area contributed by atoms with Gasteiger partial charge in [0.05, 0.1) is 41.7 Å². The topological polar surface area (TPSA) is 54.1 Å². The molecule has 0 aliphatic heterocycles. The van der Waals surface area contributed by atoms with Crippen LogP contribution in [0.15, 0.2) is 182 Å². The number of nitrogens with zero attached hydrogens (tertiary/aromatic N) is 4. The summed E-state index contributed by atoms with van der Waals surface area (Å²) in [5.41, 5.74) is 16.2. The van der Waals surface area contributed by atoms with E-state index in [0.29, 0.717) is 0 Å². The lowest BCUT2D eigenvalue weighted by Crippen LogP contribution is -2.27. The summed E-state index contributed by atoms with van der Waals surface area (Å²) in [5.74, 6) is 3.34. The Hall–Kier alpha value is -7.70. The summed E-state index contributed by atoms with van der Waals surface area (Å²) < 4.78 is 17.6.